The van der Waals surface area contributed by atoms with E-state index in [0.717, 1.165) is 20.1 Å². The molecule has 0 bridgehead atoms. The van der Waals surface area contributed by atoms with Gasteiger partial charge in [0.05, 0.1) is 8.95 Å². The Morgan fingerprint density at radius 2 is 1.74 bits per heavy atom. The van der Waals surface area contributed by atoms with Crippen LogP contribution in [0.25, 0.3) is 6.08 Å². The molecule has 0 atom stereocenters. The number of ether oxygens (including phenoxy) is 2. The predicted molar refractivity (Wildman–Crippen MR) is 147 cm³/mol. The zero-order valence-electron chi connectivity index (χ0n) is 17.8. The van der Waals surface area contributed by atoms with Crippen molar-refractivity contribution in [2.45, 2.75) is 13.5 Å². The highest BCUT2D eigenvalue weighted by atomic mass is 127. The van der Waals surface area contributed by atoms with Gasteiger partial charge in [0.2, 0.25) is 11.8 Å². The maximum atomic E-state index is 12.4. The lowest BCUT2D eigenvalue weighted by molar-refractivity contribution is -0.129. The second-order valence-electron chi connectivity index (χ2n) is 7.32. The van der Waals surface area contributed by atoms with Crippen molar-refractivity contribution in [3.05, 3.63) is 95.6 Å². The summed E-state index contributed by atoms with van der Waals surface area (Å²) in [6.07, 6.45) is 1.65. The SMILES string of the molecule is CC(=O)Nc1ccc(C2=N/C(=C\c3cc(Br)c(OCc4ccc(I)cc4)c(Br)c3)C(=O)O2)cc1. The van der Waals surface area contributed by atoms with E-state index in [-0.39, 0.29) is 17.5 Å². The molecule has 0 fully saturated rings. The molecule has 4 rings (SSSR count). The lowest BCUT2D eigenvalue weighted by atomic mass is 10.2. The van der Waals surface area contributed by atoms with Crippen LogP contribution in [0.3, 0.4) is 0 Å². The van der Waals surface area contributed by atoms with E-state index >= 15 is 0 Å². The van der Waals surface area contributed by atoms with Gasteiger partial charge in [0.1, 0.15) is 12.4 Å². The summed E-state index contributed by atoms with van der Waals surface area (Å²) in [7, 11) is 0. The van der Waals surface area contributed by atoms with Gasteiger partial charge in [-0.05, 0) is 120 Å². The molecule has 0 aromatic heterocycles. The third-order valence-corrected chi connectivity index (χ3v) is 6.59. The summed E-state index contributed by atoms with van der Waals surface area (Å²) in [5.41, 5.74) is 3.28. The molecule has 1 amide bonds. The monoisotopic (exact) mass is 694 g/mol. The van der Waals surface area contributed by atoms with Gasteiger partial charge in [0.25, 0.3) is 0 Å². The van der Waals surface area contributed by atoms with E-state index in [1.165, 1.54) is 10.5 Å². The van der Waals surface area contributed by atoms with Gasteiger partial charge >= 0.3 is 5.97 Å². The van der Waals surface area contributed by atoms with E-state index in [0.29, 0.717) is 23.6 Å². The number of hydrogen-bond donors (Lipinski definition) is 1. The fourth-order valence-corrected chi connectivity index (χ4v) is 4.94. The van der Waals surface area contributed by atoms with E-state index in [2.05, 4.69) is 64.8 Å². The minimum absolute atomic E-state index is 0.161. The van der Waals surface area contributed by atoms with Crippen LogP contribution in [-0.2, 0) is 20.9 Å². The van der Waals surface area contributed by atoms with Crippen molar-refractivity contribution < 1.29 is 19.1 Å². The summed E-state index contributed by atoms with van der Waals surface area (Å²) in [5, 5.41) is 2.69. The molecular weight excluding hydrogens is 679 g/mol. The van der Waals surface area contributed by atoms with Crippen LogP contribution in [0.4, 0.5) is 5.69 Å². The van der Waals surface area contributed by atoms with Gasteiger partial charge in [0, 0.05) is 21.7 Å². The number of anilines is 1. The number of benzene rings is 3. The van der Waals surface area contributed by atoms with E-state index in [9.17, 15) is 9.59 Å². The first-order valence-corrected chi connectivity index (χ1v) is 12.7. The summed E-state index contributed by atoms with van der Waals surface area (Å²) in [6.45, 7) is 1.86. The third-order valence-electron chi connectivity index (χ3n) is 4.69. The summed E-state index contributed by atoms with van der Waals surface area (Å²) in [4.78, 5) is 27.9. The maximum Gasteiger partial charge on any atom is 0.363 e. The van der Waals surface area contributed by atoms with Gasteiger partial charge in [-0.2, -0.15) is 0 Å². The molecule has 1 aliphatic rings. The van der Waals surface area contributed by atoms with Gasteiger partial charge in [-0.15, -0.1) is 0 Å². The number of hydrogen-bond acceptors (Lipinski definition) is 5. The second-order valence-corrected chi connectivity index (χ2v) is 10.3. The zero-order valence-corrected chi connectivity index (χ0v) is 23.1. The highest BCUT2D eigenvalue weighted by Gasteiger charge is 2.24. The van der Waals surface area contributed by atoms with Crippen LogP contribution >= 0.6 is 54.5 Å². The van der Waals surface area contributed by atoms with Crippen molar-refractivity contribution in [1.29, 1.82) is 0 Å². The van der Waals surface area contributed by atoms with Gasteiger partial charge < -0.3 is 14.8 Å². The molecule has 172 valence electrons. The Balaban J connectivity index is 1.51. The molecule has 34 heavy (non-hydrogen) atoms. The normalized spacial score (nSPS) is 14.1. The fourth-order valence-electron chi connectivity index (χ4n) is 3.13. The van der Waals surface area contributed by atoms with Crippen LogP contribution < -0.4 is 10.1 Å². The summed E-state index contributed by atoms with van der Waals surface area (Å²) >= 11 is 9.37. The standard InChI is InChI=1S/C25H17Br2IN2O4/c1-14(31)29-19-8-4-17(5-9-19)24-30-22(25(32)34-24)12-16-10-20(26)23(21(27)11-16)33-13-15-2-6-18(28)7-3-15/h2-12H,13H2,1H3,(H,29,31)/b22-12-. The quantitative estimate of drug-likeness (QED) is 0.177. The van der Waals surface area contributed by atoms with Crippen molar-refractivity contribution in [3.8, 4) is 5.75 Å². The Bertz CT molecular complexity index is 1300. The molecular formula is C25H17Br2IN2O4. The number of carbonyl (C=O) groups excluding carboxylic acids is 2. The topological polar surface area (TPSA) is 77.0 Å². The Labute approximate surface area is 226 Å². The molecule has 0 radical (unpaired) electrons. The number of nitrogens with zero attached hydrogens (tertiary/aromatic N) is 1. The van der Waals surface area contributed by atoms with Crippen molar-refractivity contribution >= 4 is 84.0 Å². The van der Waals surface area contributed by atoms with Crippen molar-refractivity contribution in [3.63, 3.8) is 0 Å². The van der Waals surface area contributed by atoms with Crippen molar-refractivity contribution in [2.75, 3.05) is 5.32 Å². The van der Waals surface area contributed by atoms with E-state index < -0.39 is 5.97 Å². The van der Waals surface area contributed by atoms with Gasteiger partial charge in [-0.1, -0.05) is 12.1 Å². The molecule has 1 aliphatic heterocycles. The van der Waals surface area contributed by atoms with Crippen LogP contribution in [0.2, 0.25) is 0 Å². The highest BCUT2D eigenvalue weighted by molar-refractivity contribution is 14.1. The lowest BCUT2D eigenvalue weighted by Crippen LogP contribution is -2.07. The number of cyclic esters (lactones) is 1. The van der Waals surface area contributed by atoms with Crippen LogP contribution in [0.1, 0.15) is 23.6 Å². The summed E-state index contributed by atoms with van der Waals surface area (Å²) in [6, 6.07) is 18.7. The summed E-state index contributed by atoms with van der Waals surface area (Å²) < 4.78 is 14.0. The molecule has 0 spiro atoms. The number of aliphatic imine (C=N–C) groups is 1. The van der Waals surface area contributed by atoms with E-state index in [4.69, 9.17) is 9.47 Å². The first-order valence-electron chi connectivity index (χ1n) is 10.1. The average molecular weight is 696 g/mol. The van der Waals surface area contributed by atoms with E-state index in [1.807, 2.05) is 36.4 Å². The molecule has 0 saturated heterocycles. The fraction of sp³-hybridized carbons (Fsp3) is 0.0800. The molecule has 1 N–H and O–H groups in total. The number of rotatable bonds is 6. The van der Waals surface area contributed by atoms with Crippen LogP contribution in [-0.4, -0.2) is 17.8 Å². The Morgan fingerprint density at radius 3 is 2.35 bits per heavy atom. The number of nitrogens with one attached hydrogen (secondary N) is 1. The number of halogens is 3. The van der Waals surface area contributed by atoms with Crippen molar-refractivity contribution in [1.82, 2.24) is 0 Å². The molecule has 0 saturated carbocycles. The second kappa shape index (κ2) is 10.8. The van der Waals surface area contributed by atoms with Crippen LogP contribution in [0.15, 0.2) is 80.3 Å². The third kappa shape index (κ3) is 6.13. The maximum absolute atomic E-state index is 12.4. The average Bonchev–Trinajstić information content (AvgIpc) is 3.14. The Hall–Kier alpha value is -2.50. The largest absolute Gasteiger partial charge is 0.487 e. The molecule has 3 aromatic rings. The molecule has 9 heteroatoms. The highest BCUT2D eigenvalue weighted by Crippen LogP contribution is 2.36. The molecule has 6 nitrogen and oxygen atoms in total. The number of carbonyl (C=O) groups is 2. The zero-order chi connectivity index (χ0) is 24.2. The Morgan fingerprint density at radius 1 is 1.09 bits per heavy atom. The van der Waals surface area contributed by atoms with E-state index in [1.54, 1.807) is 30.3 Å². The van der Waals surface area contributed by atoms with Gasteiger partial charge in [0.15, 0.2) is 5.70 Å². The Kier molecular flexibility index (Phi) is 7.84. The molecule has 1 heterocycles. The smallest absolute Gasteiger partial charge is 0.363 e. The molecule has 0 aliphatic carbocycles. The first-order chi connectivity index (χ1) is 16.3. The minimum atomic E-state index is -0.535. The van der Waals surface area contributed by atoms with Crippen molar-refractivity contribution in [2.24, 2.45) is 4.99 Å². The number of esters is 1. The summed E-state index contributed by atoms with van der Waals surface area (Å²) in [5.74, 6) is 0.179. The van der Waals surface area contributed by atoms with Gasteiger partial charge in [-0.25, -0.2) is 9.79 Å². The van der Waals surface area contributed by atoms with Gasteiger partial charge in [-0.3, -0.25) is 4.79 Å². The predicted octanol–water partition coefficient (Wildman–Crippen LogP) is 6.70. The molecule has 0 unspecified atom stereocenters. The van der Waals surface area contributed by atoms with Crippen LogP contribution in [0, 0.1) is 3.57 Å². The first kappa shape index (κ1) is 24.6. The minimum Gasteiger partial charge on any atom is -0.487 e. The lowest BCUT2D eigenvalue weighted by Gasteiger charge is -2.11. The number of amides is 1. The molecule has 3 aromatic carbocycles. The van der Waals surface area contributed by atoms with Crippen LogP contribution in [0.5, 0.6) is 5.75 Å².